The lowest BCUT2D eigenvalue weighted by molar-refractivity contribution is 0.0933. The lowest BCUT2D eigenvalue weighted by Gasteiger charge is -2.16. The van der Waals surface area contributed by atoms with Gasteiger partial charge in [-0.2, -0.15) is 0 Å². The first-order valence-electron chi connectivity index (χ1n) is 8.45. The fourth-order valence-corrected chi connectivity index (χ4v) is 2.82. The highest BCUT2D eigenvalue weighted by Crippen LogP contribution is 2.32. The Labute approximate surface area is 155 Å². The van der Waals surface area contributed by atoms with E-state index >= 15 is 0 Å². The van der Waals surface area contributed by atoms with E-state index in [-0.39, 0.29) is 24.4 Å². The van der Waals surface area contributed by atoms with Crippen LogP contribution in [0.25, 0.3) is 0 Å². The Balaban J connectivity index is 0.00000225. The molecule has 5 heteroatoms. The molecule has 1 aliphatic carbocycles. The number of hydrogen-bond donors (Lipinski definition) is 2. The number of nitrogens with one attached hydrogen (secondary N) is 1. The molecule has 1 fully saturated rings. The average Bonchev–Trinajstić information content (AvgIpc) is 3.43. The van der Waals surface area contributed by atoms with Crippen LogP contribution >= 0.6 is 12.4 Å². The summed E-state index contributed by atoms with van der Waals surface area (Å²) >= 11 is 0. The van der Waals surface area contributed by atoms with Gasteiger partial charge in [-0.1, -0.05) is 35.9 Å². The quantitative estimate of drug-likeness (QED) is 0.794. The van der Waals surface area contributed by atoms with Crippen LogP contribution in [0.3, 0.4) is 0 Å². The number of benzene rings is 2. The topological polar surface area (TPSA) is 64.3 Å². The third-order valence-electron chi connectivity index (χ3n) is 4.35. The van der Waals surface area contributed by atoms with E-state index < -0.39 is 0 Å². The standard InChI is InChI=1S/C20H24N2O2.ClH/c1-14-4-2-5-15(10-14)13-24-18-7-3-6-17(11-18)20(23)22-19(12-21)16-8-9-16;/h2-7,10-11,16,19H,8-9,12-13,21H2,1H3,(H,22,23);1H. The number of aryl methyl sites for hydroxylation is 1. The minimum atomic E-state index is -0.0849. The van der Waals surface area contributed by atoms with Crippen molar-refractivity contribution in [3.05, 3.63) is 65.2 Å². The van der Waals surface area contributed by atoms with E-state index in [1.165, 1.54) is 5.56 Å². The van der Waals surface area contributed by atoms with Crippen LogP contribution in [-0.4, -0.2) is 18.5 Å². The predicted octanol–water partition coefficient (Wildman–Crippen LogP) is 3.46. The van der Waals surface area contributed by atoms with E-state index in [2.05, 4.69) is 24.4 Å². The molecule has 0 radical (unpaired) electrons. The van der Waals surface area contributed by atoms with Crippen LogP contribution in [0.5, 0.6) is 5.75 Å². The molecule has 4 nitrogen and oxygen atoms in total. The van der Waals surface area contributed by atoms with Crippen LogP contribution in [0, 0.1) is 12.8 Å². The van der Waals surface area contributed by atoms with Gasteiger partial charge in [0, 0.05) is 18.2 Å². The number of rotatable bonds is 7. The van der Waals surface area contributed by atoms with Crippen LogP contribution in [0.4, 0.5) is 0 Å². The molecule has 134 valence electrons. The zero-order chi connectivity index (χ0) is 16.9. The Bertz CT molecular complexity index is 716. The Morgan fingerprint density at radius 1 is 1.24 bits per heavy atom. The van der Waals surface area contributed by atoms with Gasteiger partial charge >= 0.3 is 0 Å². The van der Waals surface area contributed by atoms with Crippen LogP contribution in [0.2, 0.25) is 0 Å². The van der Waals surface area contributed by atoms with Crippen LogP contribution in [-0.2, 0) is 6.61 Å². The number of carbonyl (C=O) groups is 1. The zero-order valence-electron chi connectivity index (χ0n) is 14.4. The Kier molecular flexibility index (Phi) is 6.85. The predicted molar refractivity (Wildman–Crippen MR) is 102 cm³/mol. The summed E-state index contributed by atoms with van der Waals surface area (Å²) in [5.74, 6) is 1.15. The minimum absolute atomic E-state index is 0. The summed E-state index contributed by atoms with van der Waals surface area (Å²) in [6.07, 6.45) is 2.31. The molecule has 3 N–H and O–H groups in total. The van der Waals surface area contributed by atoms with E-state index in [0.717, 1.165) is 18.4 Å². The fraction of sp³-hybridized carbons (Fsp3) is 0.350. The van der Waals surface area contributed by atoms with E-state index in [1.807, 2.05) is 24.3 Å². The summed E-state index contributed by atoms with van der Waals surface area (Å²) in [5.41, 5.74) is 8.68. The molecule has 0 bridgehead atoms. The van der Waals surface area contributed by atoms with Crippen molar-refractivity contribution in [2.24, 2.45) is 11.7 Å². The lowest BCUT2D eigenvalue weighted by atomic mass is 10.1. The third-order valence-corrected chi connectivity index (χ3v) is 4.35. The SMILES string of the molecule is Cc1cccc(COc2cccc(C(=O)NC(CN)C3CC3)c2)c1.Cl. The van der Waals surface area contributed by atoms with Crippen molar-refractivity contribution in [3.8, 4) is 5.75 Å². The number of hydrogen-bond acceptors (Lipinski definition) is 3. The molecule has 2 aromatic rings. The number of carbonyl (C=O) groups excluding carboxylic acids is 1. The van der Waals surface area contributed by atoms with Crippen molar-refractivity contribution in [1.29, 1.82) is 0 Å². The van der Waals surface area contributed by atoms with Gasteiger partial charge in [0.25, 0.3) is 5.91 Å². The van der Waals surface area contributed by atoms with Crippen LogP contribution < -0.4 is 15.8 Å². The average molecular weight is 361 g/mol. The normalized spacial score (nSPS) is 14.3. The number of ether oxygens (including phenoxy) is 1. The lowest BCUT2D eigenvalue weighted by Crippen LogP contribution is -2.41. The number of nitrogens with two attached hydrogens (primary N) is 1. The molecule has 1 atom stereocenters. The van der Waals surface area contributed by atoms with Gasteiger partial charge in [0.15, 0.2) is 0 Å². The second-order valence-electron chi connectivity index (χ2n) is 6.46. The molecule has 2 aromatic carbocycles. The first-order chi connectivity index (χ1) is 11.7. The highest BCUT2D eigenvalue weighted by atomic mass is 35.5. The van der Waals surface area contributed by atoms with Gasteiger partial charge in [-0.3, -0.25) is 4.79 Å². The molecule has 0 spiro atoms. The maximum atomic E-state index is 12.4. The summed E-state index contributed by atoms with van der Waals surface area (Å²) in [5, 5.41) is 3.03. The highest BCUT2D eigenvalue weighted by Gasteiger charge is 2.31. The van der Waals surface area contributed by atoms with Gasteiger partial charge in [0.05, 0.1) is 0 Å². The Morgan fingerprint density at radius 2 is 2.00 bits per heavy atom. The van der Waals surface area contributed by atoms with Crippen molar-refractivity contribution in [2.45, 2.75) is 32.4 Å². The molecular weight excluding hydrogens is 336 g/mol. The molecule has 1 saturated carbocycles. The molecule has 0 saturated heterocycles. The van der Waals surface area contributed by atoms with Gasteiger partial charge in [0.2, 0.25) is 0 Å². The molecule has 0 heterocycles. The second-order valence-corrected chi connectivity index (χ2v) is 6.46. The van der Waals surface area contributed by atoms with Crippen molar-refractivity contribution in [1.82, 2.24) is 5.32 Å². The molecule has 0 aromatic heterocycles. The van der Waals surface area contributed by atoms with Gasteiger partial charge in [0.1, 0.15) is 12.4 Å². The highest BCUT2D eigenvalue weighted by molar-refractivity contribution is 5.94. The largest absolute Gasteiger partial charge is 0.489 e. The van der Waals surface area contributed by atoms with Crippen molar-refractivity contribution >= 4 is 18.3 Å². The molecule has 1 unspecified atom stereocenters. The second kappa shape index (κ2) is 8.88. The summed E-state index contributed by atoms with van der Waals surface area (Å²) in [6.45, 7) is 3.03. The fourth-order valence-electron chi connectivity index (χ4n) is 2.82. The maximum absolute atomic E-state index is 12.4. The monoisotopic (exact) mass is 360 g/mol. The summed E-state index contributed by atoms with van der Waals surface area (Å²) in [4.78, 5) is 12.4. The van der Waals surface area contributed by atoms with Crippen molar-refractivity contribution in [2.75, 3.05) is 6.54 Å². The maximum Gasteiger partial charge on any atom is 0.251 e. The molecule has 3 rings (SSSR count). The van der Waals surface area contributed by atoms with Crippen molar-refractivity contribution in [3.63, 3.8) is 0 Å². The zero-order valence-corrected chi connectivity index (χ0v) is 15.2. The molecule has 1 aliphatic rings. The minimum Gasteiger partial charge on any atom is -0.489 e. The molecule has 25 heavy (non-hydrogen) atoms. The van der Waals surface area contributed by atoms with E-state index in [0.29, 0.717) is 30.4 Å². The van der Waals surface area contributed by atoms with Gasteiger partial charge in [-0.05, 0) is 49.4 Å². The van der Waals surface area contributed by atoms with Gasteiger partial charge < -0.3 is 15.8 Å². The van der Waals surface area contributed by atoms with Crippen LogP contribution in [0.15, 0.2) is 48.5 Å². The molecule has 0 aliphatic heterocycles. The molecular formula is C20H25ClN2O2. The van der Waals surface area contributed by atoms with Gasteiger partial charge in [-0.15, -0.1) is 12.4 Å². The third kappa shape index (κ3) is 5.48. The Hall–Kier alpha value is -2.04. The van der Waals surface area contributed by atoms with Crippen molar-refractivity contribution < 1.29 is 9.53 Å². The first kappa shape index (κ1) is 19.3. The summed E-state index contributed by atoms with van der Waals surface area (Å²) in [6, 6.07) is 15.6. The van der Waals surface area contributed by atoms with E-state index in [1.54, 1.807) is 12.1 Å². The first-order valence-corrected chi connectivity index (χ1v) is 8.45. The number of halogens is 1. The van der Waals surface area contributed by atoms with E-state index in [9.17, 15) is 4.79 Å². The summed E-state index contributed by atoms with van der Waals surface area (Å²) in [7, 11) is 0. The molecule has 1 amide bonds. The number of amides is 1. The smallest absolute Gasteiger partial charge is 0.251 e. The van der Waals surface area contributed by atoms with E-state index in [4.69, 9.17) is 10.5 Å². The van der Waals surface area contributed by atoms with Gasteiger partial charge in [-0.25, -0.2) is 0 Å². The Morgan fingerprint density at radius 3 is 2.68 bits per heavy atom. The summed E-state index contributed by atoms with van der Waals surface area (Å²) < 4.78 is 5.82. The van der Waals surface area contributed by atoms with Crippen LogP contribution in [0.1, 0.15) is 34.3 Å².